The second-order valence-corrected chi connectivity index (χ2v) is 5.84. The first-order chi connectivity index (χ1) is 9.12. The molecule has 0 atom stereocenters. The Morgan fingerprint density at radius 1 is 1.37 bits per heavy atom. The minimum absolute atomic E-state index is 0.141. The first-order valence-corrected chi connectivity index (χ1v) is 7.38. The third kappa shape index (κ3) is 2.94. The number of nitrogens with zero attached hydrogens (tertiary/aromatic N) is 1. The lowest BCUT2D eigenvalue weighted by atomic mass is 9.73. The van der Waals surface area contributed by atoms with Crippen molar-refractivity contribution in [3.8, 4) is 0 Å². The maximum atomic E-state index is 11.4. The molecule has 2 aliphatic heterocycles. The monoisotopic (exact) mass is 266 g/mol. The van der Waals surface area contributed by atoms with Gasteiger partial charge in [0.2, 0.25) is 0 Å². The number of carbonyl (C=O) groups is 1. The van der Waals surface area contributed by atoms with Crippen LogP contribution in [0.2, 0.25) is 0 Å². The first kappa shape index (κ1) is 14.4. The molecule has 0 unspecified atom stereocenters. The third-order valence-corrected chi connectivity index (χ3v) is 4.94. The van der Waals surface area contributed by atoms with Crippen LogP contribution in [0.3, 0.4) is 0 Å². The van der Waals surface area contributed by atoms with Crippen LogP contribution >= 0.6 is 0 Å². The van der Waals surface area contributed by atoms with E-state index in [1.807, 2.05) is 14.0 Å². The second-order valence-electron chi connectivity index (χ2n) is 5.84. The highest BCUT2D eigenvalue weighted by atomic mass is 16.5. The molecule has 19 heavy (non-hydrogen) atoms. The Hall–Kier alpha value is -1.03. The number of rotatable bonds is 5. The normalized spacial score (nSPS) is 22.9. The summed E-state index contributed by atoms with van der Waals surface area (Å²) in [7, 11) is 2.02. The van der Waals surface area contributed by atoms with Gasteiger partial charge in [-0.3, -0.25) is 0 Å². The first-order valence-electron chi connectivity index (χ1n) is 7.38. The zero-order valence-electron chi connectivity index (χ0n) is 12.4. The molecule has 108 valence electrons. The number of cyclic esters (lactones) is 1. The molecular formula is C15H26N2O2. The van der Waals surface area contributed by atoms with Crippen LogP contribution < -0.4 is 5.32 Å². The molecule has 0 aromatic rings. The maximum absolute atomic E-state index is 11.4. The summed E-state index contributed by atoms with van der Waals surface area (Å²) in [4.78, 5) is 13.8. The van der Waals surface area contributed by atoms with Gasteiger partial charge in [-0.15, -0.1) is 0 Å². The van der Waals surface area contributed by atoms with E-state index in [0.717, 1.165) is 30.9 Å². The standard InChI is InChI=1S/C15H26N2O2/c1-4-15(5-8-16-3)6-9-17(10-7-15)13-11-19-14(18)12(13)2/h16H,4-11H2,1-3H3. The molecule has 1 saturated heterocycles. The molecule has 0 radical (unpaired) electrons. The molecule has 1 fully saturated rings. The van der Waals surface area contributed by atoms with Crippen molar-refractivity contribution in [2.75, 3.05) is 33.3 Å². The lowest BCUT2D eigenvalue weighted by Crippen LogP contribution is -2.41. The maximum Gasteiger partial charge on any atom is 0.335 e. The fraction of sp³-hybridized carbons (Fsp3) is 0.800. The average Bonchev–Trinajstić information content (AvgIpc) is 2.78. The molecule has 2 heterocycles. The van der Waals surface area contributed by atoms with E-state index in [1.54, 1.807) is 0 Å². The number of ether oxygens (including phenoxy) is 1. The smallest absolute Gasteiger partial charge is 0.335 e. The van der Waals surface area contributed by atoms with Gasteiger partial charge >= 0.3 is 5.97 Å². The summed E-state index contributed by atoms with van der Waals surface area (Å²) in [6.45, 7) is 7.87. The topological polar surface area (TPSA) is 41.6 Å². The highest BCUT2D eigenvalue weighted by molar-refractivity contribution is 5.90. The van der Waals surface area contributed by atoms with Crippen LogP contribution in [-0.2, 0) is 9.53 Å². The van der Waals surface area contributed by atoms with Crippen molar-refractivity contribution in [1.29, 1.82) is 0 Å². The van der Waals surface area contributed by atoms with Gasteiger partial charge in [-0.2, -0.15) is 0 Å². The van der Waals surface area contributed by atoms with Crippen LogP contribution in [0.5, 0.6) is 0 Å². The predicted octanol–water partition coefficient (Wildman–Crippen LogP) is 1.92. The van der Waals surface area contributed by atoms with Gasteiger partial charge in [0.25, 0.3) is 0 Å². The number of hydrogen-bond acceptors (Lipinski definition) is 4. The lowest BCUT2D eigenvalue weighted by Gasteiger charge is -2.42. The largest absolute Gasteiger partial charge is 0.456 e. The van der Waals surface area contributed by atoms with Crippen LogP contribution in [0.4, 0.5) is 0 Å². The third-order valence-electron chi connectivity index (χ3n) is 4.94. The zero-order valence-corrected chi connectivity index (χ0v) is 12.4. The van der Waals surface area contributed by atoms with Crippen molar-refractivity contribution in [3.63, 3.8) is 0 Å². The molecule has 0 spiro atoms. The van der Waals surface area contributed by atoms with E-state index >= 15 is 0 Å². The summed E-state index contributed by atoms with van der Waals surface area (Å²) < 4.78 is 5.11. The Morgan fingerprint density at radius 2 is 2.05 bits per heavy atom. The van der Waals surface area contributed by atoms with E-state index in [2.05, 4.69) is 17.1 Å². The number of nitrogens with one attached hydrogen (secondary N) is 1. The SMILES string of the molecule is CCC1(CCNC)CCN(C2=C(C)C(=O)OC2)CC1. The van der Waals surface area contributed by atoms with Gasteiger partial charge in [0, 0.05) is 13.1 Å². The Balaban J connectivity index is 1.96. The van der Waals surface area contributed by atoms with Crippen LogP contribution in [0.1, 0.15) is 39.5 Å². The molecule has 4 heteroatoms. The highest BCUT2D eigenvalue weighted by Gasteiger charge is 2.35. The lowest BCUT2D eigenvalue weighted by molar-refractivity contribution is -0.136. The van der Waals surface area contributed by atoms with E-state index in [0.29, 0.717) is 12.0 Å². The summed E-state index contributed by atoms with van der Waals surface area (Å²) in [5, 5.41) is 3.27. The number of likely N-dealkylation sites (tertiary alicyclic amines) is 1. The van der Waals surface area contributed by atoms with E-state index in [4.69, 9.17) is 4.74 Å². The average molecular weight is 266 g/mol. The van der Waals surface area contributed by atoms with Gasteiger partial charge in [0.05, 0.1) is 11.3 Å². The summed E-state index contributed by atoms with van der Waals surface area (Å²) in [5.41, 5.74) is 2.40. The quantitative estimate of drug-likeness (QED) is 0.772. The predicted molar refractivity (Wildman–Crippen MR) is 75.7 cm³/mol. The fourth-order valence-corrected chi connectivity index (χ4v) is 3.22. The van der Waals surface area contributed by atoms with Gasteiger partial charge in [0.1, 0.15) is 6.61 Å². The van der Waals surface area contributed by atoms with E-state index < -0.39 is 0 Å². The number of piperidine rings is 1. The van der Waals surface area contributed by atoms with Crippen molar-refractivity contribution >= 4 is 5.97 Å². The van der Waals surface area contributed by atoms with Crippen molar-refractivity contribution in [2.45, 2.75) is 39.5 Å². The van der Waals surface area contributed by atoms with Gasteiger partial charge < -0.3 is 15.0 Å². The van der Waals surface area contributed by atoms with Crippen LogP contribution in [0, 0.1) is 5.41 Å². The van der Waals surface area contributed by atoms with Gasteiger partial charge in [-0.05, 0) is 45.2 Å². The molecule has 2 aliphatic rings. The highest BCUT2D eigenvalue weighted by Crippen LogP contribution is 2.39. The molecule has 0 aromatic carbocycles. The van der Waals surface area contributed by atoms with Gasteiger partial charge in [-0.25, -0.2) is 4.79 Å². The van der Waals surface area contributed by atoms with E-state index in [1.165, 1.54) is 25.7 Å². The van der Waals surface area contributed by atoms with Crippen molar-refractivity contribution < 1.29 is 9.53 Å². The number of carbonyl (C=O) groups excluding carboxylic acids is 1. The number of hydrogen-bond donors (Lipinski definition) is 1. The Morgan fingerprint density at radius 3 is 2.53 bits per heavy atom. The number of esters is 1. The second kappa shape index (κ2) is 5.95. The summed E-state index contributed by atoms with van der Waals surface area (Å²) in [6, 6.07) is 0. The van der Waals surface area contributed by atoms with Gasteiger partial charge in [0.15, 0.2) is 0 Å². The molecule has 0 aromatic heterocycles. The zero-order chi connectivity index (χ0) is 13.9. The summed E-state index contributed by atoms with van der Waals surface area (Å²) >= 11 is 0. The molecular weight excluding hydrogens is 240 g/mol. The Bertz CT molecular complexity index is 368. The molecule has 0 saturated carbocycles. The van der Waals surface area contributed by atoms with E-state index in [-0.39, 0.29) is 5.97 Å². The molecule has 4 nitrogen and oxygen atoms in total. The van der Waals surface area contributed by atoms with Crippen molar-refractivity contribution in [2.24, 2.45) is 5.41 Å². The Labute approximate surface area is 116 Å². The summed E-state index contributed by atoms with van der Waals surface area (Å²) in [6.07, 6.45) is 4.93. The molecule has 0 aliphatic carbocycles. The minimum atomic E-state index is -0.141. The Kier molecular flexibility index (Phi) is 4.50. The fourth-order valence-electron chi connectivity index (χ4n) is 3.22. The molecule has 2 rings (SSSR count). The molecule has 0 amide bonds. The van der Waals surface area contributed by atoms with Crippen LogP contribution in [0.15, 0.2) is 11.3 Å². The van der Waals surface area contributed by atoms with Crippen molar-refractivity contribution in [1.82, 2.24) is 10.2 Å². The molecule has 0 bridgehead atoms. The van der Waals surface area contributed by atoms with Crippen molar-refractivity contribution in [3.05, 3.63) is 11.3 Å². The van der Waals surface area contributed by atoms with Crippen LogP contribution in [0.25, 0.3) is 0 Å². The van der Waals surface area contributed by atoms with E-state index in [9.17, 15) is 4.79 Å². The molecule has 1 N–H and O–H groups in total. The minimum Gasteiger partial charge on any atom is -0.456 e. The van der Waals surface area contributed by atoms with Gasteiger partial charge in [-0.1, -0.05) is 13.3 Å². The van der Waals surface area contributed by atoms with Crippen LogP contribution in [-0.4, -0.2) is 44.2 Å². The summed E-state index contributed by atoms with van der Waals surface area (Å²) in [5.74, 6) is -0.141.